The first-order valence-corrected chi connectivity index (χ1v) is 10.8. The molecule has 0 radical (unpaired) electrons. The van der Waals surface area contributed by atoms with Gasteiger partial charge in [-0.1, -0.05) is 41.4 Å². The summed E-state index contributed by atoms with van der Waals surface area (Å²) >= 11 is 7.33. The number of rotatable bonds is 8. The maximum atomic E-state index is 12.2. The zero-order chi connectivity index (χ0) is 21.3. The molecule has 4 nitrogen and oxygen atoms in total. The molecule has 30 heavy (non-hydrogen) atoms. The molecule has 0 aliphatic rings. The number of nitrogens with zero attached hydrogens (tertiary/aromatic N) is 1. The van der Waals surface area contributed by atoms with E-state index in [1.807, 2.05) is 43.3 Å². The van der Waals surface area contributed by atoms with E-state index in [1.165, 1.54) is 17.3 Å². The van der Waals surface area contributed by atoms with Crippen molar-refractivity contribution < 1.29 is 9.53 Å². The lowest BCUT2D eigenvalue weighted by molar-refractivity contribution is -0.120. The molecule has 1 amide bonds. The molecule has 0 bridgehead atoms. The number of carbonyl (C=O) groups is 1. The van der Waals surface area contributed by atoms with Crippen molar-refractivity contribution >= 4 is 35.5 Å². The third kappa shape index (κ3) is 6.94. The number of thioether (sulfide) groups is 1. The van der Waals surface area contributed by atoms with E-state index >= 15 is 0 Å². The van der Waals surface area contributed by atoms with Crippen LogP contribution < -0.4 is 10.2 Å². The van der Waals surface area contributed by atoms with Gasteiger partial charge < -0.3 is 4.74 Å². The second-order valence-corrected chi connectivity index (χ2v) is 8.64. The molecule has 0 aromatic heterocycles. The monoisotopic (exact) mass is 438 g/mol. The molecule has 154 valence electrons. The fraction of sp³-hybridized carbons (Fsp3) is 0.167. The van der Waals surface area contributed by atoms with Gasteiger partial charge in [-0.25, -0.2) is 5.43 Å². The smallest absolute Gasteiger partial charge is 0.253 e. The average molecular weight is 439 g/mol. The molecule has 0 aliphatic carbocycles. The van der Waals surface area contributed by atoms with Crippen LogP contribution >= 0.6 is 23.4 Å². The first-order chi connectivity index (χ1) is 14.5. The van der Waals surface area contributed by atoms with Gasteiger partial charge in [0.05, 0.1) is 11.5 Å². The average Bonchev–Trinajstić information content (AvgIpc) is 2.76. The van der Waals surface area contributed by atoms with Gasteiger partial charge >= 0.3 is 0 Å². The van der Waals surface area contributed by atoms with Crippen LogP contribution in [0.25, 0.3) is 0 Å². The second-order valence-electron chi connectivity index (χ2n) is 6.79. The minimum Gasteiger partial charge on any atom is -0.489 e. The first kappa shape index (κ1) is 21.9. The standard InChI is InChI=1S/C24H23ClN2O2S/c1-17-3-5-20(6-4-17)16-29-22-11-7-19(8-12-22)15-26-27-24(28)18(2)30-23-13-9-21(25)10-14-23/h3-15,18H,16H2,1-2H3,(H,27,28)/b26-15-/t18-/m0/s1. The summed E-state index contributed by atoms with van der Waals surface area (Å²) < 4.78 is 5.80. The summed E-state index contributed by atoms with van der Waals surface area (Å²) in [4.78, 5) is 13.2. The molecular weight excluding hydrogens is 416 g/mol. The molecule has 1 N–H and O–H groups in total. The van der Waals surface area contributed by atoms with E-state index in [0.29, 0.717) is 11.6 Å². The molecule has 3 rings (SSSR count). The highest BCUT2D eigenvalue weighted by molar-refractivity contribution is 8.00. The van der Waals surface area contributed by atoms with Crippen molar-refractivity contribution in [2.45, 2.75) is 30.6 Å². The quantitative estimate of drug-likeness (QED) is 0.272. The molecule has 3 aromatic carbocycles. The lowest BCUT2D eigenvalue weighted by atomic mass is 10.2. The molecular formula is C24H23ClN2O2S. The Hall–Kier alpha value is -2.76. The minimum atomic E-state index is -0.277. The van der Waals surface area contributed by atoms with E-state index in [4.69, 9.17) is 16.3 Å². The van der Waals surface area contributed by atoms with Gasteiger partial charge in [0, 0.05) is 9.92 Å². The van der Waals surface area contributed by atoms with Gasteiger partial charge in [0.15, 0.2) is 0 Å². The van der Waals surface area contributed by atoms with Crippen LogP contribution in [0.2, 0.25) is 5.02 Å². The Labute approximate surface area is 186 Å². The van der Waals surface area contributed by atoms with Crippen molar-refractivity contribution in [3.05, 3.63) is 94.5 Å². The topological polar surface area (TPSA) is 50.7 Å². The van der Waals surface area contributed by atoms with Gasteiger partial charge in [-0.3, -0.25) is 4.79 Å². The molecule has 0 heterocycles. The third-order valence-electron chi connectivity index (χ3n) is 4.29. The number of aryl methyl sites for hydroxylation is 1. The zero-order valence-corrected chi connectivity index (χ0v) is 18.4. The van der Waals surface area contributed by atoms with Crippen LogP contribution in [-0.4, -0.2) is 17.4 Å². The summed E-state index contributed by atoms with van der Waals surface area (Å²) in [5.41, 5.74) is 5.81. The summed E-state index contributed by atoms with van der Waals surface area (Å²) in [5, 5.41) is 4.45. The van der Waals surface area contributed by atoms with Crippen LogP contribution in [0.15, 0.2) is 82.8 Å². The van der Waals surface area contributed by atoms with Crippen LogP contribution in [0.4, 0.5) is 0 Å². The predicted molar refractivity (Wildman–Crippen MR) is 124 cm³/mol. The van der Waals surface area contributed by atoms with Gasteiger partial charge in [0.2, 0.25) is 0 Å². The summed E-state index contributed by atoms with van der Waals surface area (Å²) in [7, 11) is 0. The molecule has 1 atom stereocenters. The molecule has 3 aromatic rings. The highest BCUT2D eigenvalue weighted by atomic mass is 35.5. The van der Waals surface area contributed by atoms with Crippen LogP contribution in [0.3, 0.4) is 0 Å². The number of carbonyl (C=O) groups excluding carboxylic acids is 1. The van der Waals surface area contributed by atoms with E-state index in [-0.39, 0.29) is 11.2 Å². The number of halogens is 1. The van der Waals surface area contributed by atoms with Crippen molar-refractivity contribution in [1.82, 2.24) is 5.43 Å². The molecule has 6 heteroatoms. The van der Waals surface area contributed by atoms with E-state index < -0.39 is 0 Å². The summed E-state index contributed by atoms with van der Waals surface area (Å²) in [6.07, 6.45) is 1.61. The zero-order valence-electron chi connectivity index (χ0n) is 16.8. The first-order valence-electron chi connectivity index (χ1n) is 9.53. The van der Waals surface area contributed by atoms with Crippen molar-refractivity contribution in [3.63, 3.8) is 0 Å². The second kappa shape index (κ2) is 10.9. The number of hydrogen-bond donors (Lipinski definition) is 1. The fourth-order valence-corrected chi connectivity index (χ4v) is 3.52. The highest BCUT2D eigenvalue weighted by Gasteiger charge is 2.13. The van der Waals surface area contributed by atoms with E-state index in [0.717, 1.165) is 21.8 Å². The Kier molecular flexibility index (Phi) is 7.94. The van der Waals surface area contributed by atoms with Gasteiger partial charge in [0.1, 0.15) is 12.4 Å². The van der Waals surface area contributed by atoms with Crippen LogP contribution in [0.5, 0.6) is 5.75 Å². The van der Waals surface area contributed by atoms with Crippen LogP contribution in [0, 0.1) is 6.92 Å². The lowest BCUT2D eigenvalue weighted by Crippen LogP contribution is -2.26. The SMILES string of the molecule is Cc1ccc(COc2ccc(/C=N\NC(=O)[C@H](C)Sc3ccc(Cl)cc3)cc2)cc1. The summed E-state index contributed by atoms with van der Waals surface area (Å²) in [6, 6.07) is 23.2. The molecule has 0 saturated heterocycles. The summed E-state index contributed by atoms with van der Waals surface area (Å²) in [6.45, 7) is 4.42. The largest absolute Gasteiger partial charge is 0.489 e. The Balaban J connectivity index is 1.45. The Morgan fingerprint density at radius 3 is 2.40 bits per heavy atom. The van der Waals surface area contributed by atoms with Gasteiger partial charge in [-0.15, -0.1) is 11.8 Å². The van der Waals surface area contributed by atoms with Crippen molar-refractivity contribution in [1.29, 1.82) is 0 Å². The van der Waals surface area contributed by atoms with E-state index in [9.17, 15) is 4.79 Å². The lowest BCUT2D eigenvalue weighted by Gasteiger charge is -2.09. The maximum absolute atomic E-state index is 12.2. The molecule has 0 unspecified atom stereocenters. The van der Waals surface area contributed by atoms with Crippen molar-refractivity contribution in [3.8, 4) is 5.75 Å². The van der Waals surface area contributed by atoms with Gasteiger partial charge in [0.25, 0.3) is 5.91 Å². The number of amides is 1. The fourth-order valence-electron chi connectivity index (χ4n) is 2.53. The predicted octanol–water partition coefficient (Wildman–Crippen LogP) is 5.86. The van der Waals surface area contributed by atoms with Crippen molar-refractivity contribution in [2.75, 3.05) is 0 Å². The Morgan fingerprint density at radius 2 is 1.73 bits per heavy atom. The Morgan fingerprint density at radius 1 is 1.07 bits per heavy atom. The number of ether oxygens (including phenoxy) is 1. The normalized spacial score (nSPS) is 12.0. The Bertz CT molecular complexity index is 987. The van der Waals surface area contributed by atoms with Crippen LogP contribution in [-0.2, 0) is 11.4 Å². The third-order valence-corrected chi connectivity index (χ3v) is 5.65. The molecule has 0 spiro atoms. The molecule has 0 saturated carbocycles. The van der Waals surface area contributed by atoms with E-state index in [1.54, 1.807) is 18.3 Å². The highest BCUT2D eigenvalue weighted by Crippen LogP contribution is 2.24. The molecule has 0 fully saturated rings. The van der Waals surface area contributed by atoms with E-state index in [2.05, 4.69) is 41.7 Å². The minimum absolute atomic E-state index is 0.163. The number of benzene rings is 3. The summed E-state index contributed by atoms with van der Waals surface area (Å²) in [5.74, 6) is 0.619. The van der Waals surface area contributed by atoms with Gasteiger partial charge in [-0.2, -0.15) is 5.10 Å². The maximum Gasteiger partial charge on any atom is 0.253 e. The number of hydrogen-bond acceptors (Lipinski definition) is 4. The van der Waals surface area contributed by atoms with Crippen molar-refractivity contribution in [2.24, 2.45) is 5.10 Å². The number of hydrazone groups is 1. The molecule has 0 aliphatic heterocycles. The number of nitrogens with one attached hydrogen (secondary N) is 1. The van der Waals surface area contributed by atoms with Gasteiger partial charge in [-0.05, 0) is 73.5 Å². The van der Waals surface area contributed by atoms with Crippen LogP contribution in [0.1, 0.15) is 23.6 Å².